The Hall–Kier alpha value is -3.39. The lowest BCUT2D eigenvalue weighted by atomic mass is 10.3. The molecule has 3 amide bonds. The van der Waals surface area contributed by atoms with Crippen molar-refractivity contribution in [2.24, 2.45) is 0 Å². The molecule has 0 unspecified atom stereocenters. The monoisotopic (exact) mass is 342 g/mol. The SMILES string of the molecule is O=C(N[C@@H]1CON(C(=O)Oc2ccccc2)C1=O)Oc1ccccc1. The topological polar surface area (TPSA) is 94.2 Å². The molecule has 1 heterocycles. The van der Waals surface area contributed by atoms with E-state index in [0.29, 0.717) is 10.8 Å². The predicted molar refractivity (Wildman–Crippen MR) is 84.7 cm³/mol. The minimum atomic E-state index is -1.04. The van der Waals surface area contributed by atoms with Gasteiger partial charge in [0.25, 0.3) is 5.91 Å². The van der Waals surface area contributed by atoms with E-state index < -0.39 is 24.1 Å². The molecule has 2 aromatic rings. The zero-order chi connectivity index (χ0) is 17.6. The Morgan fingerprint density at radius 2 is 1.52 bits per heavy atom. The minimum absolute atomic E-state index is 0.202. The highest BCUT2D eigenvalue weighted by molar-refractivity contribution is 5.97. The van der Waals surface area contributed by atoms with Crippen molar-refractivity contribution in [2.45, 2.75) is 6.04 Å². The molecule has 3 rings (SSSR count). The van der Waals surface area contributed by atoms with Crippen molar-refractivity contribution >= 4 is 18.1 Å². The summed E-state index contributed by atoms with van der Waals surface area (Å²) in [7, 11) is 0. The van der Waals surface area contributed by atoms with Gasteiger partial charge in [0.05, 0.1) is 0 Å². The summed E-state index contributed by atoms with van der Waals surface area (Å²) in [5, 5.41) is 2.81. The smallest absolute Gasteiger partial charge is 0.410 e. The average molecular weight is 342 g/mol. The Morgan fingerprint density at radius 1 is 0.960 bits per heavy atom. The molecule has 1 aliphatic heterocycles. The molecule has 128 valence electrons. The normalized spacial score (nSPS) is 16.4. The number of imide groups is 1. The van der Waals surface area contributed by atoms with Gasteiger partial charge in [0.2, 0.25) is 0 Å². The van der Waals surface area contributed by atoms with E-state index in [-0.39, 0.29) is 12.4 Å². The third-order valence-corrected chi connectivity index (χ3v) is 3.23. The van der Waals surface area contributed by atoms with E-state index in [2.05, 4.69) is 5.32 Å². The van der Waals surface area contributed by atoms with Crippen molar-refractivity contribution in [1.29, 1.82) is 0 Å². The molecule has 8 nitrogen and oxygen atoms in total. The molecule has 25 heavy (non-hydrogen) atoms. The number of hydrogen-bond donors (Lipinski definition) is 1. The first-order chi connectivity index (χ1) is 12.1. The van der Waals surface area contributed by atoms with Crippen LogP contribution in [-0.4, -0.2) is 35.8 Å². The second-order valence-corrected chi connectivity index (χ2v) is 5.01. The number of nitrogens with one attached hydrogen (secondary N) is 1. The maximum atomic E-state index is 12.2. The lowest BCUT2D eigenvalue weighted by Gasteiger charge is -2.12. The zero-order valence-electron chi connectivity index (χ0n) is 13.0. The Labute approximate surface area is 142 Å². The van der Waals surface area contributed by atoms with Crippen LogP contribution in [0.25, 0.3) is 0 Å². The van der Waals surface area contributed by atoms with Gasteiger partial charge in [-0.2, -0.15) is 0 Å². The minimum Gasteiger partial charge on any atom is -0.410 e. The predicted octanol–water partition coefficient (Wildman–Crippen LogP) is 2.12. The number of nitrogens with zero attached hydrogens (tertiary/aromatic N) is 1. The number of hydroxylamine groups is 2. The van der Waals surface area contributed by atoms with Gasteiger partial charge in [-0.1, -0.05) is 36.4 Å². The number of carbonyl (C=O) groups excluding carboxylic acids is 3. The molecule has 0 bridgehead atoms. The highest BCUT2D eigenvalue weighted by Crippen LogP contribution is 2.15. The standard InChI is InChI=1S/C17H14N2O6/c20-15-14(18-16(21)24-12-7-3-1-4-8-12)11-23-19(15)17(22)25-13-9-5-2-6-10-13/h1-10,14H,11H2,(H,18,21)/t14-/m1/s1. The number of hydrogen-bond acceptors (Lipinski definition) is 6. The van der Waals surface area contributed by atoms with Crippen molar-refractivity contribution in [3.05, 3.63) is 60.7 Å². The van der Waals surface area contributed by atoms with Gasteiger partial charge in [-0.25, -0.2) is 9.59 Å². The molecule has 2 aromatic carbocycles. The fourth-order valence-corrected chi connectivity index (χ4v) is 2.07. The van der Waals surface area contributed by atoms with Crippen molar-refractivity contribution < 1.29 is 28.7 Å². The van der Waals surface area contributed by atoms with Crippen LogP contribution in [0.5, 0.6) is 11.5 Å². The van der Waals surface area contributed by atoms with Crippen LogP contribution in [0.15, 0.2) is 60.7 Å². The molecule has 0 aliphatic carbocycles. The van der Waals surface area contributed by atoms with Gasteiger partial charge < -0.3 is 14.8 Å². The molecule has 1 saturated heterocycles. The van der Waals surface area contributed by atoms with E-state index in [0.717, 1.165) is 0 Å². The molecule has 1 atom stereocenters. The van der Waals surface area contributed by atoms with Crippen LogP contribution in [0.1, 0.15) is 0 Å². The van der Waals surface area contributed by atoms with Gasteiger partial charge in [0, 0.05) is 0 Å². The highest BCUT2D eigenvalue weighted by atomic mass is 16.7. The van der Waals surface area contributed by atoms with Crippen molar-refractivity contribution in [2.75, 3.05) is 6.61 Å². The van der Waals surface area contributed by atoms with Crippen LogP contribution in [0.3, 0.4) is 0 Å². The summed E-state index contributed by atoms with van der Waals surface area (Å²) >= 11 is 0. The molecule has 1 aliphatic rings. The first-order valence-corrected chi connectivity index (χ1v) is 7.40. The van der Waals surface area contributed by atoms with Gasteiger partial charge in [-0.3, -0.25) is 9.63 Å². The first-order valence-electron chi connectivity index (χ1n) is 7.40. The van der Waals surface area contributed by atoms with Gasteiger partial charge in [0.15, 0.2) is 0 Å². The number of carbonyl (C=O) groups is 3. The van der Waals surface area contributed by atoms with E-state index in [1.807, 2.05) is 0 Å². The molecule has 0 radical (unpaired) electrons. The summed E-state index contributed by atoms with van der Waals surface area (Å²) in [6.07, 6.45) is -1.82. The molecular weight excluding hydrogens is 328 g/mol. The fourth-order valence-electron chi connectivity index (χ4n) is 2.07. The summed E-state index contributed by atoms with van der Waals surface area (Å²) in [6, 6.07) is 15.6. The summed E-state index contributed by atoms with van der Waals surface area (Å²) in [5.74, 6) is -0.151. The Morgan fingerprint density at radius 3 is 2.12 bits per heavy atom. The van der Waals surface area contributed by atoms with Crippen molar-refractivity contribution in [3.8, 4) is 11.5 Å². The fraction of sp³-hybridized carbons (Fsp3) is 0.118. The third kappa shape index (κ3) is 4.12. The molecule has 1 N–H and O–H groups in total. The largest absolute Gasteiger partial charge is 0.447 e. The third-order valence-electron chi connectivity index (χ3n) is 3.23. The van der Waals surface area contributed by atoms with Crippen LogP contribution in [0.2, 0.25) is 0 Å². The molecule has 1 fully saturated rings. The van der Waals surface area contributed by atoms with Gasteiger partial charge >= 0.3 is 12.2 Å². The van der Waals surface area contributed by atoms with Crippen molar-refractivity contribution in [1.82, 2.24) is 10.4 Å². The molecular formula is C17H14N2O6. The van der Waals surface area contributed by atoms with Gasteiger partial charge in [-0.05, 0) is 24.3 Å². The maximum absolute atomic E-state index is 12.2. The van der Waals surface area contributed by atoms with E-state index in [1.165, 1.54) is 0 Å². The molecule has 0 aromatic heterocycles. The zero-order valence-corrected chi connectivity index (χ0v) is 13.0. The average Bonchev–Trinajstić information content (AvgIpc) is 2.97. The van der Waals surface area contributed by atoms with Crippen LogP contribution < -0.4 is 14.8 Å². The van der Waals surface area contributed by atoms with E-state index in [1.54, 1.807) is 60.7 Å². The second kappa shape index (κ2) is 7.45. The highest BCUT2D eigenvalue weighted by Gasteiger charge is 2.40. The lowest BCUT2D eigenvalue weighted by Crippen LogP contribution is -2.45. The number of benzene rings is 2. The summed E-state index contributed by atoms with van der Waals surface area (Å²) in [5.41, 5.74) is 0. The summed E-state index contributed by atoms with van der Waals surface area (Å²) in [4.78, 5) is 40.9. The lowest BCUT2D eigenvalue weighted by molar-refractivity contribution is -0.150. The van der Waals surface area contributed by atoms with Crippen LogP contribution in [-0.2, 0) is 9.63 Å². The summed E-state index contributed by atoms with van der Waals surface area (Å²) in [6.45, 7) is -0.202. The van der Waals surface area contributed by atoms with E-state index in [9.17, 15) is 14.4 Å². The molecule has 8 heteroatoms. The van der Waals surface area contributed by atoms with Gasteiger partial charge in [-0.15, -0.1) is 5.06 Å². The second-order valence-electron chi connectivity index (χ2n) is 5.01. The number of rotatable bonds is 3. The summed E-state index contributed by atoms with van der Waals surface area (Å²) < 4.78 is 10.0. The maximum Gasteiger partial charge on any atom is 0.447 e. The Bertz CT molecular complexity index is 765. The molecule has 0 saturated carbocycles. The quantitative estimate of drug-likeness (QED) is 0.918. The van der Waals surface area contributed by atoms with E-state index in [4.69, 9.17) is 14.3 Å². The van der Waals surface area contributed by atoms with Crippen LogP contribution in [0, 0.1) is 0 Å². The first kappa shape index (κ1) is 16.5. The van der Waals surface area contributed by atoms with Crippen LogP contribution >= 0.6 is 0 Å². The molecule has 0 spiro atoms. The van der Waals surface area contributed by atoms with Crippen LogP contribution in [0.4, 0.5) is 9.59 Å². The number of amides is 3. The van der Waals surface area contributed by atoms with Gasteiger partial charge in [0.1, 0.15) is 24.1 Å². The number of ether oxygens (including phenoxy) is 2. The van der Waals surface area contributed by atoms with Crippen molar-refractivity contribution in [3.63, 3.8) is 0 Å². The Kier molecular flexibility index (Phi) is 4.91. The number of para-hydroxylation sites is 2. The van der Waals surface area contributed by atoms with E-state index >= 15 is 0 Å². The Balaban J connectivity index is 1.54.